The number of benzene rings is 1. The number of piperazine rings is 1. The Labute approximate surface area is 123 Å². The first-order valence-corrected chi connectivity index (χ1v) is 7.16. The van der Waals surface area contributed by atoms with Crippen LogP contribution >= 0.6 is 0 Å². The van der Waals surface area contributed by atoms with Gasteiger partial charge in [-0.25, -0.2) is 9.59 Å². The molecule has 2 heterocycles. The third-order valence-electron chi connectivity index (χ3n) is 3.84. The molecule has 0 saturated carbocycles. The summed E-state index contributed by atoms with van der Waals surface area (Å²) in [7, 11) is 0. The largest absolute Gasteiger partial charge is 0.450 e. The summed E-state index contributed by atoms with van der Waals surface area (Å²) in [5.74, 6) is -0.275. The van der Waals surface area contributed by atoms with E-state index in [1.54, 1.807) is 17.9 Å². The number of hydrogen-bond acceptors (Lipinski definition) is 5. The third kappa shape index (κ3) is 2.58. The summed E-state index contributed by atoms with van der Waals surface area (Å²) in [6.45, 7) is 4.65. The van der Waals surface area contributed by atoms with Gasteiger partial charge in [-0.2, -0.15) is 0 Å². The molecule has 3 rings (SSSR count). The topological polar surface area (TPSA) is 59.1 Å². The molecule has 1 atom stereocenters. The average Bonchev–Trinajstić information content (AvgIpc) is 2.85. The molecule has 0 unspecified atom stereocenters. The van der Waals surface area contributed by atoms with Gasteiger partial charge < -0.3 is 14.4 Å². The van der Waals surface area contributed by atoms with Gasteiger partial charge in [0, 0.05) is 31.7 Å². The molecule has 0 bridgehead atoms. The number of hydrogen-bond donors (Lipinski definition) is 0. The van der Waals surface area contributed by atoms with Crippen molar-refractivity contribution in [2.24, 2.45) is 0 Å². The van der Waals surface area contributed by atoms with Crippen LogP contribution in [0.15, 0.2) is 24.3 Å². The van der Waals surface area contributed by atoms with Gasteiger partial charge in [-0.1, -0.05) is 18.2 Å². The molecule has 1 saturated heterocycles. The molecule has 21 heavy (non-hydrogen) atoms. The molecule has 1 fully saturated rings. The van der Waals surface area contributed by atoms with Crippen LogP contribution in [0.25, 0.3) is 0 Å². The third-order valence-corrected chi connectivity index (χ3v) is 3.84. The Hall–Kier alpha value is -2.08. The van der Waals surface area contributed by atoms with Crippen molar-refractivity contribution < 1.29 is 19.1 Å². The summed E-state index contributed by atoms with van der Waals surface area (Å²) < 4.78 is 10.5. The lowest BCUT2D eigenvalue weighted by molar-refractivity contribution is -0.0402. The lowest BCUT2D eigenvalue weighted by Gasteiger charge is -2.36. The number of carbonyl (C=O) groups is 2. The molecule has 112 valence electrons. The molecule has 0 spiro atoms. The number of rotatable bonds is 2. The Bertz CT molecular complexity index is 552. The molecule has 6 nitrogen and oxygen atoms in total. The van der Waals surface area contributed by atoms with Gasteiger partial charge in [-0.05, 0) is 13.0 Å². The van der Waals surface area contributed by atoms with Crippen LogP contribution in [0.3, 0.4) is 0 Å². The summed E-state index contributed by atoms with van der Waals surface area (Å²) in [4.78, 5) is 27.3. The Morgan fingerprint density at radius 1 is 1.29 bits per heavy atom. The van der Waals surface area contributed by atoms with E-state index in [1.807, 2.05) is 18.2 Å². The van der Waals surface area contributed by atoms with Crippen molar-refractivity contribution in [2.75, 3.05) is 32.8 Å². The van der Waals surface area contributed by atoms with Gasteiger partial charge in [0.25, 0.3) is 0 Å². The molecule has 6 heteroatoms. The highest BCUT2D eigenvalue weighted by atomic mass is 16.6. The average molecular weight is 290 g/mol. The number of carbonyl (C=O) groups excluding carboxylic acids is 2. The minimum Gasteiger partial charge on any atom is -0.450 e. The van der Waals surface area contributed by atoms with E-state index in [1.165, 1.54) is 0 Å². The predicted octanol–water partition coefficient (Wildman–Crippen LogP) is 1.63. The van der Waals surface area contributed by atoms with Gasteiger partial charge in [-0.15, -0.1) is 0 Å². The monoisotopic (exact) mass is 290 g/mol. The first-order chi connectivity index (χ1) is 10.2. The van der Waals surface area contributed by atoms with Crippen LogP contribution in [0.5, 0.6) is 0 Å². The normalized spacial score (nSPS) is 21.9. The first-order valence-electron chi connectivity index (χ1n) is 7.16. The lowest BCUT2D eigenvalue weighted by Crippen LogP contribution is -2.49. The molecule has 0 aromatic heterocycles. The number of amides is 1. The van der Waals surface area contributed by atoms with E-state index in [0.29, 0.717) is 38.3 Å². The fourth-order valence-corrected chi connectivity index (χ4v) is 2.75. The summed E-state index contributed by atoms with van der Waals surface area (Å²) in [6.07, 6.45) is -0.612. The van der Waals surface area contributed by atoms with Crippen LogP contribution in [-0.2, 0) is 9.47 Å². The van der Waals surface area contributed by atoms with Crippen molar-refractivity contribution in [2.45, 2.75) is 13.2 Å². The van der Waals surface area contributed by atoms with Gasteiger partial charge in [0.1, 0.15) is 0 Å². The van der Waals surface area contributed by atoms with E-state index in [9.17, 15) is 9.59 Å². The molecule has 1 amide bonds. The van der Waals surface area contributed by atoms with Crippen LogP contribution in [0.2, 0.25) is 0 Å². The van der Waals surface area contributed by atoms with Crippen LogP contribution in [-0.4, -0.2) is 54.6 Å². The van der Waals surface area contributed by atoms with E-state index in [4.69, 9.17) is 9.47 Å². The molecule has 2 aliphatic rings. The Morgan fingerprint density at radius 2 is 2.00 bits per heavy atom. The SMILES string of the molecule is CCOC(=O)N1CCN([C@@H]2OC(=O)c3ccccc32)CC1. The van der Waals surface area contributed by atoms with Gasteiger partial charge >= 0.3 is 12.1 Å². The molecule has 0 radical (unpaired) electrons. The Morgan fingerprint density at radius 3 is 2.71 bits per heavy atom. The smallest absolute Gasteiger partial charge is 0.409 e. The van der Waals surface area contributed by atoms with E-state index in [2.05, 4.69) is 4.90 Å². The highest BCUT2D eigenvalue weighted by Gasteiger charge is 2.36. The zero-order chi connectivity index (χ0) is 14.8. The number of nitrogens with zero attached hydrogens (tertiary/aromatic N) is 2. The number of cyclic esters (lactones) is 1. The number of esters is 1. The molecule has 1 aromatic carbocycles. The van der Waals surface area contributed by atoms with Gasteiger partial charge in [0.2, 0.25) is 0 Å². The highest BCUT2D eigenvalue weighted by Crippen LogP contribution is 2.33. The second-order valence-electron chi connectivity index (χ2n) is 5.07. The van der Waals surface area contributed by atoms with Crippen LogP contribution < -0.4 is 0 Å². The maximum Gasteiger partial charge on any atom is 0.409 e. The van der Waals surface area contributed by atoms with Gasteiger partial charge in [0.15, 0.2) is 6.23 Å². The van der Waals surface area contributed by atoms with E-state index in [-0.39, 0.29) is 18.3 Å². The molecule has 0 aliphatic carbocycles. The zero-order valence-electron chi connectivity index (χ0n) is 11.9. The zero-order valence-corrected chi connectivity index (χ0v) is 11.9. The first kappa shape index (κ1) is 13.9. The fourth-order valence-electron chi connectivity index (χ4n) is 2.75. The summed E-state index contributed by atoms with van der Waals surface area (Å²) in [5, 5.41) is 0. The van der Waals surface area contributed by atoms with Crippen LogP contribution in [0.4, 0.5) is 4.79 Å². The Balaban J connectivity index is 1.66. The van der Waals surface area contributed by atoms with Crippen molar-refractivity contribution in [3.63, 3.8) is 0 Å². The van der Waals surface area contributed by atoms with E-state index < -0.39 is 0 Å². The summed E-state index contributed by atoms with van der Waals surface area (Å²) in [5.41, 5.74) is 1.54. The quantitative estimate of drug-likeness (QED) is 0.775. The molecular weight excluding hydrogens is 272 g/mol. The maximum atomic E-state index is 11.8. The van der Waals surface area contributed by atoms with Crippen molar-refractivity contribution in [1.29, 1.82) is 0 Å². The Kier molecular flexibility index (Phi) is 3.79. The highest BCUT2D eigenvalue weighted by molar-refractivity contribution is 5.93. The van der Waals surface area contributed by atoms with Crippen LogP contribution in [0.1, 0.15) is 29.1 Å². The summed E-state index contributed by atoms with van der Waals surface area (Å²) in [6, 6.07) is 7.44. The van der Waals surface area contributed by atoms with E-state index >= 15 is 0 Å². The predicted molar refractivity (Wildman–Crippen MR) is 74.8 cm³/mol. The van der Waals surface area contributed by atoms with Crippen molar-refractivity contribution in [3.05, 3.63) is 35.4 Å². The van der Waals surface area contributed by atoms with Crippen molar-refractivity contribution in [3.8, 4) is 0 Å². The lowest BCUT2D eigenvalue weighted by atomic mass is 10.1. The second kappa shape index (κ2) is 5.73. The molecule has 2 aliphatic heterocycles. The minimum absolute atomic E-state index is 0.275. The standard InChI is InChI=1S/C15H18N2O4/c1-2-20-15(19)17-9-7-16(8-10-17)13-11-5-3-4-6-12(11)14(18)21-13/h3-6,13H,2,7-10H2,1H3/t13-/m1/s1. The van der Waals surface area contributed by atoms with Crippen molar-refractivity contribution >= 4 is 12.1 Å². The summed E-state index contributed by atoms with van der Waals surface area (Å²) >= 11 is 0. The minimum atomic E-state index is -0.335. The van der Waals surface area contributed by atoms with Crippen LogP contribution in [0, 0.1) is 0 Å². The number of ether oxygens (including phenoxy) is 2. The van der Waals surface area contributed by atoms with Gasteiger partial charge in [0.05, 0.1) is 12.2 Å². The number of fused-ring (bicyclic) bond motifs is 1. The maximum absolute atomic E-state index is 11.8. The molecule has 1 aromatic rings. The molecular formula is C15H18N2O4. The van der Waals surface area contributed by atoms with Gasteiger partial charge in [-0.3, -0.25) is 4.90 Å². The fraction of sp³-hybridized carbons (Fsp3) is 0.467. The molecule has 0 N–H and O–H groups in total. The van der Waals surface area contributed by atoms with Crippen molar-refractivity contribution in [1.82, 2.24) is 9.80 Å². The second-order valence-corrected chi connectivity index (χ2v) is 5.07. The van der Waals surface area contributed by atoms with E-state index in [0.717, 1.165) is 5.56 Å².